The SMILES string of the molecule is CNc1cccc(C)c1COc1ccc(C)c(-c2ccc(F)cc2)c1.NNC=O. The molecular formula is C23H26FN3O2. The van der Waals surface area contributed by atoms with Crippen molar-refractivity contribution in [3.63, 3.8) is 0 Å². The van der Waals surface area contributed by atoms with Crippen molar-refractivity contribution < 1.29 is 13.9 Å². The first-order valence-corrected chi connectivity index (χ1v) is 9.15. The van der Waals surface area contributed by atoms with E-state index >= 15 is 0 Å². The van der Waals surface area contributed by atoms with Gasteiger partial charge in [0.1, 0.15) is 18.2 Å². The molecule has 29 heavy (non-hydrogen) atoms. The summed E-state index contributed by atoms with van der Waals surface area (Å²) >= 11 is 0. The van der Waals surface area contributed by atoms with Gasteiger partial charge < -0.3 is 10.1 Å². The van der Waals surface area contributed by atoms with Gasteiger partial charge in [-0.1, -0.05) is 30.3 Å². The molecule has 0 spiro atoms. The third-order valence-electron chi connectivity index (χ3n) is 4.50. The highest BCUT2D eigenvalue weighted by Crippen LogP contribution is 2.29. The van der Waals surface area contributed by atoms with Crippen molar-refractivity contribution in [2.45, 2.75) is 20.5 Å². The lowest BCUT2D eigenvalue weighted by Gasteiger charge is -2.15. The van der Waals surface area contributed by atoms with Gasteiger partial charge in [0.15, 0.2) is 0 Å². The summed E-state index contributed by atoms with van der Waals surface area (Å²) in [7, 11) is 1.91. The van der Waals surface area contributed by atoms with Gasteiger partial charge in [0.05, 0.1) is 0 Å². The molecule has 0 unspecified atom stereocenters. The standard InChI is InChI=1S/C22H22FNO.CH4N2O/c1-15-5-4-6-22(24-3)21(15)14-25-19-12-7-16(2)20(13-19)17-8-10-18(23)11-9-17;2-3-1-4/h4-13,24H,14H2,1-3H3;1H,2H2,(H,3,4). The van der Waals surface area contributed by atoms with Crippen LogP contribution in [0.25, 0.3) is 11.1 Å². The number of aryl methyl sites for hydroxylation is 2. The lowest BCUT2D eigenvalue weighted by molar-refractivity contribution is -0.109. The molecule has 0 saturated heterocycles. The lowest BCUT2D eigenvalue weighted by atomic mass is 10.0. The molecular weight excluding hydrogens is 369 g/mol. The number of hydrazine groups is 1. The number of nitrogens with one attached hydrogen (secondary N) is 2. The molecule has 0 saturated carbocycles. The number of ether oxygens (including phenoxy) is 1. The number of anilines is 1. The van der Waals surface area contributed by atoms with Crippen LogP contribution in [0, 0.1) is 19.7 Å². The van der Waals surface area contributed by atoms with Crippen molar-refractivity contribution in [1.29, 1.82) is 0 Å². The van der Waals surface area contributed by atoms with E-state index in [0.717, 1.165) is 33.7 Å². The predicted octanol–water partition coefficient (Wildman–Crippen LogP) is 4.34. The van der Waals surface area contributed by atoms with Crippen LogP contribution in [0.5, 0.6) is 5.75 Å². The molecule has 0 aliphatic carbocycles. The summed E-state index contributed by atoms with van der Waals surface area (Å²) in [6, 6.07) is 18.7. The molecule has 0 heterocycles. The minimum absolute atomic E-state index is 0.229. The quantitative estimate of drug-likeness (QED) is 0.251. The Morgan fingerprint density at radius 3 is 2.34 bits per heavy atom. The fourth-order valence-corrected chi connectivity index (χ4v) is 2.91. The van der Waals surface area contributed by atoms with Crippen LogP contribution in [-0.4, -0.2) is 13.5 Å². The number of amides is 1. The molecule has 0 atom stereocenters. The predicted molar refractivity (Wildman–Crippen MR) is 115 cm³/mol. The second kappa shape index (κ2) is 10.8. The van der Waals surface area contributed by atoms with Gasteiger partial charge in [-0.25, -0.2) is 10.2 Å². The minimum Gasteiger partial charge on any atom is -0.489 e. The lowest BCUT2D eigenvalue weighted by Crippen LogP contribution is -2.18. The van der Waals surface area contributed by atoms with E-state index in [1.165, 1.54) is 17.7 Å². The molecule has 152 valence electrons. The maximum Gasteiger partial charge on any atom is 0.221 e. The Morgan fingerprint density at radius 1 is 1.03 bits per heavy atom. The van der Waals surface area contributed by atoms with E-state index in [0.29, 0.717) is 13.0 Å². The zero-order valence-corrected chi connectivity index (χ0v) is 16.8. The van der Waals surface area contributed by atoms with Crippen molar-refractivity contribution in [3.05, 3.63) is 83.2 Å². The molecule has 0 fully saturated rings. The Hall–Kier alpha value is -3.38. The molecule has 3 rings (SSSR count). The molecule has 0 aliphatic rings. The van der Waals surface area contributed by atoms with Crippen LogP contribution < -0.4 is 21.3 Å². The second-order valence-electron chi connectivity index (χ2n) is 6.41. The summed E-state index contributed by atoms with van der Waals surface area (Å²) in [5.41, 5.74) is 8.33. The monoisotopic (exact) mass is 395 g/mol. The number of hydrogen-bond acceptors (Lipinski definition) is 4. The summed E-state index contributed by atoms with van der Waals surface area (Å²) in [6.07, 6.45) is 0.403. The number of carbonyl (C=O) groups is 1. The minimum atomic E-state index is -0.229. The number of carbonyl (C=O) groups excluding carboxylic acids is 1. The van der Waals surface area contributed by atoms with E-state index in [1.807, 2.05) is 44.3 Å². The highest BCUT2D eigenvalue weighted by molar-refractivity contribution is 5.68. The third-order valence-corrected chi connectivity index (χ3v) is 4.50. The zero-order valence-electron chi connectivity index (χ0n) is 16.8. The summed E-state index contributed by atoms with van der Waals surface area (Å²) < 4.78 is 19.2. The fraction of sp³-hybridized carbons (Fsp3) is 0.174. The van der Waals surface area contributed by atoms with E-state index in [2.05, 4.69) is 24.1 Å². The van der Waals surface area contributed by atoms with Crippen LogP contribution in [0.4, 0.5) is 10.1 Å². The van der Waals surface area contributed by atoms with Gasteiger partial charge in [0.2, 0.25) is 6.41 Å². The number of nitrogens with two attached hydrogens (primary N) is 1. The van der Waals surface area contributed by atoms with E-state index in [4.69, 9.17) is 9.53 Å². The molecule has 4 N–H and O–H groups in total. The van der Waals surface area contributed by atoms with Crippen LogP contribution in [-0.2, 0) is 11.4 Å². The largest absolute Gasteiger partial charge is 0.489 e. The number of halogens is 1. The van der Waals surface area contributed by atoms with E-state index < -0.39 is 0 Å². The molecule has 0 aliphatic heterocycles. The first-order valence-electron chi connectivity index (χ1n) is 9.15. The van der Waals surface area contributed by atoms with Crippen LogP contribution >= 0.6 is 0 Å². The average Bonchev–Trinajstić information content (AvgIpc) is 2.74. The van der Waals surface area contributed by atoms with Crippen LogP contribution in [0.1, 0.15) is 16.7 Å². The van der Waals surface area contributed by atoms with E-state index in [-0.39, 0.29) is 5.82 Å². The number of rotatable bonds is 6. The first kappa shape index (κ1) is 21.9. The Labute approximate surface area is 170 Å². The molecule has 6 heteroatoms. The molecule has 1 amide bonds. The zero-order chi connectivity index (χ0) is 21.2. The Kier molecular flexibility index (Phi) is 8.18. The molecule has 0 radical (unpaired) electrons. The van der Waals surface area contributed by atoms with E-state index in [9.17, 15) is 4.39 Å². The maximum absolute atomic E-state index is 13.2. The Balaban J connectivity index is 0.000000687. The average molecular weight is 395 g/mol. The van der Waals surface area contributed by atoms with Crippen molar-refractivity contribution in [2.75, 3.05) is 12.4 Å². The second-order valence-corrected chi connectivity index (χ2v) is 6.41. The molecule has 3 aromatic rings. The van der Waals surface area contributed by atoms with Crippen LogP contribution in [0.15, 0.2) is 60.7 Å². The maximum atomic E-state index is 13.2. The third kappa shape index (κ3) is 6.05. The molecule has 0 aromatic heterocycles. The molecule has 0 bridgehead atoms. The highest BCUT2D eigenvalue weighted by Gasteiger charge is 2.08. The normalized spacial score (nSPS) is 9.83. The van der Waals surface area contributed by atoms with Gasteiger partial charge in [-0.05, 0) is 66.4 Å². The van der Waals surface area contributed by atoms with Gasteiger partial charge in [0.25, 0.3) is 0 Å². The van der Waals surface area contributed by atoms with Crippen LogP contribution in [0.2, 0.25) is 0 Å². The van der Waals surface area contributed by atoms with E-state index in [1.54, 1.807) is 17.6 Å². The highest BCUT2D eigenvalue weighted by atomic mass is 19.1. The van der Waals surface area contributed by atoms with Crippen molar-refractivity contribution in [3.8, 4) is 16.9 Å². The van der Waals surface area contributed by atoms with Gasteiger partial charge in [-0.15, -0.1) is 0 Å². The summed E-state index contributed by atoms with van der Waals surface area (Å²) in [5, 5.41) is 3.21. The molecule has 5 nitrogen and oxygen atoms in total. The fourth-order valence-electron chi connectivity index (χ4n) is 2.91. The Bertz CT molecular complexity index is 943. The topological polar surface area (TPSA) is 76.4 Å². The van der Waals surface area contributed by atoms with Gasteiger partial charge >= 0.3 is 0 Å². The number of benzene rings is 3. The smallest absolute Gasteiger partial charge is 0.221 e. The van der Waals surface area contributed by atoms with Crippen molar-refractivity contribution in [1.82, 2.24) is 5.43 Å². The van der Waals surface area contributed by atoms with Gasteiger partial charge in [-0.2, -0.15) is 0 Å². The Morgan fingerprint density at radius 2 is 1.72 bits per heavy atom. The number of hydrogen-bond donors (Lipinski definition) is 3. The first-order chi connectivity index (χ1) is 14.0. The summed E-state index contributed by atoms with van der Waals surface area (Å²) in [4.78, 5) is 8.94. The molecule has 3 aromatic carbocycles. The van der Waals surface area contributed by atoms with Crippen LogP contribution in [0.3, 0.4) is 0 Å². The summed E-state index contributed by atoms with van der Waals surface area (Å²) in [5.74, 6) is 4.98. The summed E-state index contributed by atoms with van der Waals surface area (Å²) in [6.45, 7) is 4.62. The van der Waals surface area contributed by atoms with Gasteiger partial charge in [-0.3, -0.25) is 10.2 Å². The van der Waals surface area contributed by atoms with Crippen molar-refractivity contribution in [2.24, 2.45) is 5.84 Å². The van der Waals surface area contributed by atoms with Gasteiger partial charge in [0, 0.05) is 18.3 Å². The van der Waals surface area contributed by atoms with Crippen molar-refractivity contribution >= 4 is 12.1 Å².